The van der Waals surface area contributed by atoms with E-state index in [0.29, 0.717) is 23.4 Å². The summed E-state index contributed by atoms with van der Waals surface area (Å²) >= 11 is 6.09. The lowest BCUT2D eigenvalue weighted by Gasteiger charge is -2.17. The van der Waals surface area contributed by atoms with Crippen LogP contribution in [0, 0.1) is 0 Å². The number of nitrogens with one attached hydrogen (secondary N) is 1. The molecule has 0 aliphatic carbocycles. The van der Waals surface area contributed by atoms with E-state index >= 15 is 0 Å². The summed E-state index contributed by atoms with van der Waals surface area (Å²) in [5, 5.41) is 4.09. The molecule has 0 aliphatic heterocycles. The van der Waals surface area contributed by atoms with Crippen molar-refractivity contribution in [1.29, 1.82) is 0 Å². The van der Waals surface area contributed by atoms with Crippen LogP contribution in [-0.4, -0.2) is 19.8 Å². The van der Waals surface area contributed by atoms with Gasteiger partial charge < -0.3 is 14.8 Å². The molecule has 1 aromatic rings. The summed E-state index contributed by atoms with van der Waals surface area (Å²) in [6, 6.07) is 4.16. The highest BCUT2D eigenvalue weighted by molar-refractivity contribution is 6.30. The van der Waals surface area contributed by atoms with Crippen LogP contribution in [0.25, 0.3) is 0 Å². The summed E-state index contributed by atoms with van der Waals surface area (Å²) in [6.45, 7) is 7.59. The van der Waals surface area contributed by atoms with Gasteiger partial charge in [0.2, 0.25) is 0 Å². The van der Waals surface area contributed by atoms with Gasteiger partial charge in [0.1, 0.15) is 0 Å². The Morgan fingerprint density at radius 1 is 1.33 bits per heavy atom. The van der Waals surface area contributed by atoms with Crippen molar-refractivity contribution in [1.82, 2.24) is 5.32 Å². The van der Waals surface area contributed by atoms with Crippen LogP contribution in [0.1, 0.15) is 32.8 Å². The minimum Gasteiger partial charge on any atom is -0.493 e. The third-order valence-corrected chi connectivity index (χ3v) is 3.08. The van der Waals surface area contributed by atoms with Crippen LogP contribution in [0.3, 0.4) is 0 Å². The fraction of sp³-hybridized carbons (Fsp3) is 0.571. The topological polar surface area (TPSA) is 30.5 Å². The Morgan fingerprint density at radius 3 is 2.61 bits per heavy atom. The maximum atomic E-state index is 6.09. The van der Waals surface area contributed by atoms with E-state index in [9.17, 15) is 0 Å². The van der Waals surface area contributed by atoms with Gasteiger partial charge in [-0.25, -0.2) is 0 Å². The van der Waals surface area contributed by atoms with E-state index < -0.39 is 0 Å². The number of ether oxygens (including phenoxy) is 2. The van der Waals surface area contributed by atoms with Crippen molar-refractivity contribution in [3.8, 4) is 11.5 Å². The summed E-state index contributed by atoms with van der Waals surface area (Å²) in [4.78, 5) is 0. The molecule has 3 nitrogen and oxygen atoms in total. The average molecular weight is 272 g/mol. The highest BCUT2D eigenvalue weighted by Crippen LogP contribution is 2.34. The Hall–Kier alpha value is -0.930. The normalized spacial score (nSPS) is 12.3. The standard InChI is InChI=1S/C14H22ClNO2/c1-5-10(3)16-9-11-7-12(15)8-13(17-4)14(11)18-6-2/h7-8,10,16H,5-6,9H2,1-4H3/t10-/m0/s1. The summed E-state index contributed by atoms with van der Waals surface area (Å²) in [6.07, 6.45) is 1.08. The first-order valence-electron chi connectivity index (χ1n) is 6.34. The van der Waals surface area contributed by atoms with Crippen LogP contribution >= 0.6 is 11.6 Å². The number of halogens is 1. The zero-order valence-electron chi connectivity index (χ0n) is 11.5. The van der Waals surface area contributed by atoms with Gasteiger partial charge in [0, 0.05) is 29.2 Å². The molecule has 0 radical (unpaired) electrons. The lowest BCUT2D eigenvalue weighted by Crippen LogP contribution is -2.24. The molecule has 0 fully saturated rings. The molecule has 18 heavy (non-hydrogen) atoms. The Labute approximate surface area is 114 Å². The fourth-order valence-corrected chi connectivity index (χ4v) is 1.87. The van der Waals surface area contributed by atoms with Gasteiger partial charge >= 0.3 is 0 Å². The highest BCUT2D eigenvalue weighted by Gasteiger charge is 2.13. The average Bonchev–Trinajstić information content (AvgIpc) is 2.38. The number of rotatable bonds is 7. The quantitative estimate of drug-likeness (QED) is 0.821. The number of hydrogen-bond donors (Lipinski definition) is 1. The Balaban J connectivity index is 2.95. The van der Waals surface area contributed by atoms with Crippen LogP contribution < -0.4 is 14.8 Å². The summed E-state index contributed by atoms with van der Waals surface area (Å²) in [5.41, 5.74) is 1.03. The molecule has 0 saturated carbocycles. The lowest BCUT2D eigenvalue weighted by molar-refractivity contribution is 0.306. The molecule has 1 rings (SSSR count). The molecule has 0 aromatic heterocycles. The first-order valence-corrected chi connectivity index (χ1v) is 6.72. The molecular weight excluding hydrogens is 250 g/mol. The highest BCUT2D eigenvalue weighted by atomic mass is 35.5. The summed E-state index contributed by atoms with van der Waals surface area (Å²) in [7, 11) is 1.63. The molecular formula is C14H22ClNO2. The molecule has 0 bridgehead atoms. The molecule has 0 saturated heterocycles. The molecule has 102 valence electrons. The zero-order valence-corrected chi connectivity index (χ0v) is 12.3. The Bertz CT molecular complexity index is 382. The smallest absolute Gasteiger partial charge is 0.165 e. The van der Waals surface area contributed by atoms with Gasteiger partial charge in [0.05, 0.1) is 13.7 Å². The van der Waals surface area contributed by atoms with Crippen LogP contribution in [0.15, 0.2) is 12.1 Å². The van der Waals surface area contributed by atoms with Gasteiger partial charge in [0.25, 0.3) is 0 Å². The zero-order chi connectivity index (χ0) is 13.5. The molecule has 1 N–H and O–H groups in total. The van der Waals surface area contributed by atoms with Crippen molar-refractivity contribution in [3.63, 3.8) is 0 Å². The van der Waals surface area contributed by atoms with E-state index in [1.807, 2.05) is 13.0 Å². The van der Waals surface area contributed by atoms with Crippen LogP contribution in [0.5, 0.6) is 11.5 Å². The predicted molar refractivity (Wildman–Crippen MR) is 75.8 cm³/mol. The van der Waals surface area contributed by atoms with Gasteiger partial charge in [-0.3, -0.25) is 0 Å². The van der Waals surface area contributed by atoms with Crippen molar-refractivity contribution in [2.75, 3.05) is 13.7 Å². The van der Waals surface area contributed by atoms with E-state index in [1.165, 1.54) is 0 Å². The molecule has 1 atom stereocenters. The molecule has 0 heterocycles. The summed E-state index contributed by atoms with van der Waals surface area (Å²) in [5.74, 6) is 1.46. The van der Waals surface area contributed by atoms with E-state index in [1.54, 1.807) is 13.2 Å². The maximum absolute atomic E-state index is 6.09. The van der Waals surface area contributed by atoms with Gasteiger partial charge in [-0.05, 0) is 26.3 Å². The van der Waals surface area contributed by atoms with E-state index in [2.05, 4.69) is 19.2 Å². The minimum atomic E-state index is 0.462. The molecule has 0 aliphatic rings. The Kier molecular flexibility index (Phi) is 6.30. The van der Waals surface area contributed by atoms with Crippen molar-refractivity contribution in [3.05, 3.63) is 22.7 Å². The van der Waals surface area contributed by atoms with Crippen molar-refractivity contribution in [2.45, 2.75) is 39.8 Å². The maximum Gasteiger partial charge on any atom is 0.165 e. The van der Waals surface area contributed by atoms with Crippen molar-refractivity contribution in [2.24, 2.45) is 0 Å². The summed E-state index contributed by atoms with van der Waals surface area (Å²) < 4.78 is 11.0. The molecule has 4 heteroatoms. The second-order valence-corrected chi connectivity index (χ2v) is 4.66. The van der Waals surface area contributed by atoms with E-state index in [-0.39, 0.29) is 0 Å². The second kappa shape index (κ2) is 7.49. The molecule has 1 aromatic carbocycles. The van der Waals surface area contributed by atoms with Gasteiger partial charge in [-0.15, -0.1) is 0 Å². The van der Waals surface area contributed by atoms with Gasteiger partial charge in [0.15, 0.2) is 11.5 Å². The Morgan fingerprint density at radius 2 is 2.06 bits per heavy atom. The van der Waals surface area contributed by atoms with Crippen LogP contribution in [0.2, 0.25) is 5.02 Å². The van der Waals surface area contributed by atoms with Crippen LogP contribution in [-0.2, 0) is 6.54 Å². The predicted octanol–water partition coefficient (Wildman–Crippen LogP) is 3.64. The molecule has 0 unspecified atom stereocenters. The lowest BCUT2D eigenvalue weighted by atomic mass is 10.1. The number of methoxy groups -OCH3 is 1. The van der Waals surface area contributed by atoms with E-state index in [4.69, 9.17) is 21.1 Å². The number of hydrogen-bond acceptors (Lipinski definition) is 3. The first-order chi connectivity index (χ1) is 8.62. The van der Waals surface area contributed by atoms with Crippen molar-refractivity contribution < 1.29 is 9.47 Å². The minimum absolute atomic E-state index is 0.462. The molecule has 0 amide bonds. The van der Waals surface area contributed by atoms with Crippen LogP contribution in [0.4, 0.5) is 0 Å². The third-order valence-electron chi connectivity index (χ3n) is 2.86. The fourth-order valence-electron chi connectivity index (χ4n) is 1.64. The van der Waals surface area contributed by atoms with Crippen molar-refractivity contribution >= 4 is 11.6 Å². The SMILES string of the molecule is CCOc1c(CN[C@@H](C)CC)cc(Cl)cc1OC. The van der Waals surface area contributed by atoms with Gasteiger partial charge in [-0.2, -0.15) is 0 Å². The first kappa shape index (κ1) is 15.1. The largest absolute Gasteiger partial charge is 0.493 e. The monoisotopic (exact) mass is 271 g/mol. The number of benzene rings is 1. The second-order valence-electron chi connectivity index (χ2n) is 4.22. The third kappa shape index (κ3) is 4.07. The molecule has 0 spiro atoms. The van der Waals surface area contributed by atoms with Gasteiger partial charge in [-0.1, -0.05) is 18.5 Å². The van der Waals surface area contributed by atoms with E-state index in [0.717, 1.165) is 24.3 Å².